The van der Waals surface area contributed by atoms with Gasteiger partial charge in [-0.05, 0) is 31.2 Å². The minimum Gasteiger partial charge on any atom is -0.481 e. The van der Waals surface area contributed by atoms with Crippen LogP contribution in [0.4, 0.5) is 4.79 Å². The van der Waals surface area contributed by atoms with E-state index in [1.54, 1.807) is 4.90 Å². The Balaban J connectivity index is 1.83. The first-order valence-electron chi connectivity index (χ1n) is 7.34. The summed E-state index contributed by atoms with van der Waals surface area (Å²) in [4.78, 5) is 24.7. The van der Waals surface area contributed by atoms with Crippen molar-refractivity contribution in [3.63, 3.8) is 0 Å². The Kier molecular flexibility index (Phi) is 5.20. The molecule has 1 aliphatic heterocycles. The fraction of sp³-hybridized carbons (Fsp3) is 0.500. The van der Waals surface area contributed by atoms with Gasteiger partial charge in [0, 0.05) is 26.1 Å². The zero-order valence-electron chi connectivity index (χ0n) is 12.3. The van der Waals surface area contributed by atoms with Crippen LogP contribution in [0.15, 0.2) is 24.3 Å². The van der Waals surface area contributed by atoms with Crippen molar-refractivity contribution in [2.45, 2.75) is 32.7 Å². The minimum absolute atomic E-state index is 0.0703. The molecule has 1 saturated heterocycles. The smallest absolute Gasteiger partial charge is 0.317 e. The highest BCUT2D eigenvalue weighted by atomic mass is 16.4. The molecule has 0 saturated carbocycles. The largest absolute Gasteiger partial charge is 0.481 e. The molecule has 2 rings (SSSR count). The van der Waals surface area contributed by atoms with Gasteiger partial charge >= 0.3 is 12.0 Å². The lowest BCUT2D eigenvalue weighted by Gasteiger charge is -2.32. The lowest BCUT2D eigenvalue weighted by atomic mass is 9.95. The summed E-state index contributed by atoms with van der Waals surface area (Å²) in [5, 5.41) is 11.8. The zero-order chi connectivity index (χ0) is 15.2. The van der Waals surface area contributed by atoms with E-state index in [1.807, 2.05) is 31.2 Å². The Bertz CT molecular complexity index is 516. The normalized spacial score (nSPS) is 18.3. The molecule has 0 bridgehead atoms. The van der Waals surface area contributed by atoms with Crippen LogP contribution in [-0.4, -0.2) is 35.1 Å². The predicted octanol–water partition coefficient (Wildman–Crippen LogP) is 2.39. The number of carbonyl (C=O) groups excluding carboxylic acids is 1. The zero-order valence-corrected chi connectivity index (χ0v) is 12.3. The van der Waals surface area contributed by atoms with E-state index in [4.69, 9.17) is 5.11 Å². The number of aryl methyl sites for hydroxylation is 1. The molecule has 0 radical (unpaired) electrons. The number of carboxylic acid groups (broad SMARTS) is 1. The SMILES string of the molecule is Cc1cccc(CNC(=O)N2CCCC(CC(=O)O)C2)c1. The van der Waals surface area contributed by atoms with E-state index in [1.165, 1.54) is 5.56 Å². The molecule has 5 heteroatoms. The highest BCUT2D eigenvalue weighted by Gasteiger charge is 2.24. The van der Waals surface area contributed by atoms with Crippen molar-refractivity contribution >= 4 is 12.0 Å². The summed E-state index contributed by atoms with van der Waals surface area (Å²) in [6, 6.07) is 7.92. The van der Waals surface area contributed by atoms with E-state index in [0.29, 0.717) is 19.6 Å². The van der Waals surface area contributed by atoms with Gasteiger partial charge in [0.25, 0.3) is 0 Å². The van der Waals surface area contributed by atoms with Crippen LogP contribution in [-0.2, 0) is 11.3 Å². The summed E-state index contributed by atoms with van der Waals surface area (Å²) in [7, 11) is 0. The molecule has 21 heavy (non-hydrogen) atoms. The molecule has 1 unspecified atom stereocenters. The van der Waals surface area contributed by atoms with Crippen molar-refractivity contribution in [3.05, 3.63) is 35.4 Å². The maximum atomic E-state index is 12.2. The van der Waals surface area contributed by atoms with Gasteiger partial charge in [0.15, 0.2) is 0 Å². The molecule has 1 atom stereocenters. The summed E-state index contributed by atoms with van der Waals surface area (Å²) in [6.45, 7) is 3.76. The Morgan fingerprint density at radius 2 is 2.24 bits per heavy atom. The van der Waals surface area contributed by atoms with Crippen LogP contribution >= 0.6 is 0 Å². The second-order valence-electron chi connectivity index (χ2n) is 5.70. The number of piperidine rings is 1. The number of amides is 2. The van der Waals surface area contributed by atoms with Crippen LogP contribution < -0.4 is 5.32 Å². The molecule has 2 amide bonds. The maximum absolute atomic E-state index is 12.2. The third-order valence-corrected chi connectivity index (χ3v) is 3.80. The fourth-order valence-electron chi connectivity index (χ4n) is 2.77. The lowest BCUT2D eigenvalue weighted by Crippen LogP contribution is -2.45. The van der Waals surface area contributed by atoms with E-state index in [-0.39, 0.29) is 18.4 Å². The Labute approximate surface area is 125 Å². The number of carbonyl (C=O) groups is 2. The number of carboxylic acids is 1. The molecular formula is C16H22N2O3. The number of rotatable bonds is 4. The molecule has 5 nitrogen and oxygen atoms in total. The van der Waals surface area contributed by atoms with Gasteiger partial charge in [0.1, 0.15) is 0 Å². The van der Waals surface area contributed by atoms with Crippen molar-refractivity contribution < 1.29 is 14.7 Å². The summed E-state index contributed by atoms with van der Waals surface area (Å²) < 4.78 is 0. The van der Waals surface area contributed by atoms with Gasteiger partial charge < -0.3 is 15.3 Å². The van der Waals surface area contributed by atoms with Crippen molar-refractivity contribution in [3.8, 4) is 0 Å². The second-order valence-corrected chi connectivity index (χ2v) is 5.70. The summed E-state index contributed by atoms with van der Waals surface area (Å²) in [6.07, 6.45) is 1.89. The van der Waals surface area contributed by atoms with Crippen LogP contribution in [0, 0.1) is 12.8 Å². The standard InChI is InChI=1S/C16H22N2O3/c1-12-4-2-5-13(8-12)10-17-16(21)18-7-3-6-14(11-18)9-15(19)20/h2,4-5,8,14H,3,6-7,9-11H2,1H3,(H,17,21)(H,19,20). The third kappa shape index (κ3) is 4.77. The minimum atomic E-state index is -0.790. The number of nitrogens with one attached hydrogen (secondary N) is 1. The number of nitrogens with zero attached hydrogens (tertiary/aromatic N) is 1. The predicted molar refractivity (Wildman–Crippen MR) is 80.0 cm³/mol. The first-order valence-corrected chi connectivity index (χ1v) is 7.34. The van der Waals surface area contributed by atoms with Crippen LogP contribution in [0.2, 0.25) is 0 Å². The average Bonchev–Trinajstić information content (AvgIpc) is 2.44. The summed E-state index contributed by atoms with van der Waals surface area (Å²) in [5.41, 5.74) is 2.24. The highest BCUT2D eigenvalue weighted by molar-refractivity contribution is 5.74. The molecule has 1 fully saturated rings. The molecule has 0 spiro atoms. The Hall–Kier alpha value is -2.04. The average molecular weight is 290 g/mol. The van der Waals surface area contributed by atoms with Gasteiger partial charge in [-0.1, -0.05) is 29.8 Å². The molecule has 2 N–H and O–H groups in total. The van der Waals surface area contributed by atoms with Crippen molar-refractivity contribution in [1.82, 2.24) is 10.2 Å². The second kappa shape index (κ2) is 7.11. The topological polar surface area (TPSA) is 69.6 Å². The van der Waals surface area contributed by atoms with E-state index in [0.717, 1.165) is 18.4 Å². The first kappa shape index (κ1) is 15.4. The molecule has 1 aliphatic rings. The van der Waals surface area contributed by atoms with Crippen LogP contribution in [0.25, 0.3) is 0 Å². The number of benzene rings is 1. The van der Waals surface area contributed by atoms with Crippen molar-refractivity contribution in [1.29, 1.82) is 0 Å². The molecule has 1 aromatic rings. The van der Waals surface area contributed by atoms with Gasteiger partial charge in [-0.3, -0.25) is 4.79 Å². The summed E-state index contributed by atoms with van der Waals surface area (Å²) >= 11 is 0. The van der Waals surface area contributed by atoms with Crippen molar-refractivity contribution in [2.75, 3.05) is 13.1 Å². The van der Waals surface area contributed by atoms with Crippen LogP contribution in [0.5, 0.6) is 0 Å². The summed E-state index contributed by atoms with van der Waals surface area (Å²) in [5.74, 6) is -0.719. The quantitative estimate of drug-likeness (QED) is 0.894. The van der Waals surface area contributed by atoms with Crippen LogP contribution in [0.3, 0.4) is 0 Å². The van der Waals surface area contributed by atoms with E-state index in [9.17, 15) is 9.59 Å². The number of aliphatic carboxylic acids is 1. The fourth-order valence-corrected chi connectivity index (χ4v) is 2.77. The molecule has 1 aromatic carbocycles. The number of hydrogen-bond donors (Lipinski definition) is 2. The van der Waals surface area contributed by atoms with Gasteiger partial charge in [-0.25, -0.2) is 4.79 Å². The molecular weight excluding hydrogens is 268 g/mol. The molecule has 0 aliphatic carbocycles. The number of likely N-dealkylation sites (tertiary alicyclic amines) is 1. The van der Waals surface area contributed by atoms with Crippen LogP contribution in [0.1, 0.15) is 30.4 Å². The van der Waals surface area contributed by atoms with Gasteiger partial charge in [0.2, 0.25) is 0 Å². The van der Waals surface area contributed by atoms with E-state index < -0.39 is 5.97 Å². The Morgan fingerprint density at radius 1 is 1.43 bits per heavy atom. The molecule has 114 valence electrons. The van der Waals surface area contributed by atoms with E-state index in [2.05, 4.69) is 5.32 Å². The highest BCUT2D eigenvalue weighted by Crippen LogP contribution is 2.19. The number of hydrogen-bond acceptors (Lipinski definition) is 2. The number of urea groups is 1. The third-order valence-electron chi connectivity index (χ3n) is 3.80. The molecule has 0 aromatic heterocycles. The lowest BCUT2D eigenvalue weighted by molar-refractivity contribution is -0.138. The van der Waals surface area contributed by atoms with Gasteiger partial charge in [0.05, 0.1) is 0 Å². The first-order chi connectivity index (χ1) is 10.0. The Morgan fingerprint density at radius 3 is 2.95 bits per heavy atom. The monoisotopic (exact) mass is 290 g/mol. The molecule has 1 heterocycles. The van der Waals surface area contributed by atoms with Crippen molar-refractivity contribution in [2.24, 2.45) is 5.92 Å². The van der Waals surface area contributed by atoms with Gasteiger partial charge in [-0.2, -0.15) is 0 Å². The van der Waals surface area contributed by atoms with Gasteiger partial charge in [-0.15, -0.1) is 0 Å². The van der Waals surface area contributed by atoms with E-state index >= 15 is 0 Å². The maximum Gasteiger partial charge on any atom is 0.317 e.